The third-order valence-corrected chi connectivity index (χ3v) is 6.50. The summed E-state index contributed by atoms with van der Waals surface area (Å²) in [4.78, 5) is 26.9. The van der Waals surface area contributed by atoms with Gasteiger partial charge in [0.2, 0.25) is 5.91 Å². The maximum atomic E-state index is 12.7. The molecule has 174 valence electrons. The number of piperazine rings is 1. The number of rotatable bonds is 10. The minimum atomic E-state index is 0.315. The molecule has 5 heteroatoms. The molecule has 1 aliphatic heterocycles. The largest absolute Gasteiger partial charge is 0.353 e. The second kappa shape index (κ2) is 12.0. The molecule has 0 aliphatic carbocycles. The fourth-order valence-electron chi connectivity index (χ4n) is 4.55. The molecule has 0 saturated carbocycles. The van der Waals surface area contributed by atoms with Gasteiger partial charge in [0.15, 0.2) is 5.82 Å². The fourth-order valence-corrected chi connectivity index (χ4v) is 4.55. The van der Waals surface area contributed by atoms with Crippen LogP contribution in [-0.2, 0) is 11.2 Å². The Morgan fingerprint density at radius 3 is 2.34 bits per heavy atom. The van der Waals surface area contributed by atoms with Crippen LogP contribution in [0.3, 0.4) is 0 Å². The molecule has 5 nitrogen and oxygen atoms in total. The van der Waals surface area contributed by atoms with Gasteiger partial charge in [0.25, 0.3) is 0 Å². The van der Waals surface area contributed by atoms with Crippen molar-refractivity contribution in [3.05, 3.63) is 41.1 Å². The zero-order valence-electron chi connectivity index (χ0n) is 20.5. The molecule has 0 unspecified atom stereocenters. The predicted molar refractivity (Wildman–Crippen MR) is 133 cm³/mol. The number of carbonyl (C=O) groups excluding carboxylic acids is 1. The van der Waals surface area contributed by atoms with Crippen LogP contribution in [0.25, 0.3) is 11.4 Å². The number of unbranched alkanes of at least 4 members (excludes halogenated alkanes) is 5. The standard InChI is InChI=1S/C27H40N4O/c1-5-7-8-9-10-11-15-25(32)30-16-18-31(19-17-30)27-24(6-2)22(4)28-26(29-27)23-14-12-13-21(3)20-23/h12-14,20H,5-11,15-19H2,1-4H3. The quantitative estimate of drug-likeness (QED) is 0.447. The minimum Gasteiger partial charge on any atom is -0.353 e. The Labute approximate surface area is 194 Å². The van der Waals surface area contributed by atoms with Crippen molar-refractivity contribution in [1.82, 2.24) is 14.9 Å². The molecule has 32 heavy (non-hydrogen) atoms. The van der Waals surface area contributed by atoms with Gasteiger partial charge < -0.3 is 9.80 Å². The third-order valence-electron chi connectivity index (χ3n) is 6.50. The zero-order chi connectivity index (χ0) is 22.9. The number of carbonyl (C=O) groups is 1. The molecule has 1 aliphatic rings. The van der Waals surface area contributed by atoms with E-state index in [1.807, 2.05) is 4.90 Å². The summed E-state index contributed by atoms with van der Waals surface area (Å²) in [5.41, 5.74) is 4.54. The van der Waals surface area contributed by atoms with Gasteiger partial charge in [0.1, 0.15) is 5.82 Å². The molecular formula is C27H40N4O. The lowest BCUT2D eigenvalue weighted by Crippen LogP contribution is -2.49. The molecule has 0 bridgehead atoms. The van der Waals surface area contributed by atoms with E-state index in [0.29, 0.717) is 12.3 Å². The minimum absolute atomic E-state index is 0.315. The molecule has 1 aromatic carbocycles. The summed E-state index contributed by atoms with van der Waals surface area (Å²) in [6.07, 6.45) is 8.92. The molecule has 0 N–H and O–H groups in total. The third kappa shape index (κ3) is 6.30. The first-order valence-corrected chi connectivity index (χ1v) is 12.5. The highest BCUT2D eigenvalue weighted by atomic mass is 16.2. The SMILES string of the molecule is CCCCCCCCC(=O)N1CCN(c2nc(-c3cccc(C)c3)nc(C)c2CC)CC1. The topological polar surface area (TPSA) is 49.3 Å². The molecule has 2 aromatic rings. The number of benzene rings is 1. The predicted octanol–water partition coefficient (Wildman–Crippen LogP) is 5.72. The Balaban J connectivity index is 1.62. The molecule has 1 fully saturated rings. The van der Waals surface area contributed by atoms with Gasteiger partial charge in [-0.1, -0.05) is 69.7 Å². The molecule has 2 heterocycles. The van der Waals surface area contributed by atoms with Crippen LogP contribution in [0.15, 0.2) is 24.3 Å². The van der Waals surface area contributed by atoms with Crippen LogP contribution < -0.4 is 4.90 Å². The summed E-state index contributed by atoms with van der Waals surface area (Å²) in [5, 5.41) is 0. The number of hydrogen-bond acceptors (Lipinski definition) is 4. The highest BCUT2D eigenvalue weighted by Gasteiger charge is 2.24. The van der Waals surface area contributed by atoms with Crippen molar-refractivity contribution in [3.63, 3.8) is 0 Å². The first-order valence-electron chi connectivity index (χ1n) is 12.5. The molecular weight excluding hydrogens is 396 g/mol. The number of nitrogens with zero attached hydrogens (tertiary/aromatic N) is 4. The van der Waals surface area contributed by atoms with E-state index in [4.69, 9.17) is 9.97 Å². The molecule has 3 rings (SSSR count). The van der Waals surface area contributed by atoms with E-state index in [0.717, 1.165) is 61.9 Å². The van der Waals surface area contributed by atoms with E-state index >= 15 is 0 Å². The Bertz CT molecular complexity index is 887. The van der Waals surface area contributed by atoms with Crippen LogP contribution in [0, 0.1) is 13.8 Å². The van der Waals surface area contributed by atoms with Crippen LogP contribution >= 0.6 is 0 Å². The highest BCUT2D eigenvalue weighted by Crippen LogP contribution is 2.27. The van der Waals surface area contributed by atoms with Crippen molar-refractivity contribution in [2.24, 2.45) is 0 Å². The normalized spacial score (nSPS) is 14.1. The summed E-state index contributed by atoms with van der Waals surface area (Å²) in [7, 11) is 0. The van der Waals surface area contributed by atoms with Gasteiger partial charge in [0, 0.05) is 49.4 Å². The second-order valence-corrected chi connectivity index (χ2v) is 9.04. The Morgan fingerprint density at radius 1 is 0.938 bits per heavy atom. The van der Waals surface area contributed by atoms with Crippen LogP contribution in [-0.4, -0.2) is 47.0 Å². The average molecular weight is 437 g/mol. The molecule has 0 radical (unpaired) electrons. The van der Waals surface area contributed by atoms with Crippen molar-refractivity contribution in [2.75, 3.05) is 31.1 Å². The Morgan fingerprint density at radius 2 is 1.66 bits per heavy atom. The average Bonchev–Trinajstić information content (AvgIpc) is 2.80. The van der Waals surface area contributed by atoms with Crippen LogP contribution in [0.1, 0.15) is 75.6 Å². The van der Waals surface area contributed by atoms with Gasteiger partial charge in [-0.3, -0.25) is 4.79 Å². The summed E-state index contributed by atoms with van der Waals surface area (Å²) < 4.78 is 0. The van der Waals surface area contributed by atoms with Crippen molar-refractivity contribution in [2.45, 2.75) is 79.1 Å². The second-order valence-electron chi connectivity index (χ2n) is 9.04. The van der Waals surface area contributed by atoms with Crippen LogP contribution in [0.4, 0.5) is 5.82 Å². The first-order chi connectivity index (χ1) is 15.5. The number of anilines is 1. The smallest absolute Gasteiger partial charge is 0.222 e. The molecule has 0 atom stereocenters. The van der Waals surface area contributed by atoms with Crippen molar-refractivity contribution in [1.29, 1.82) is 0 Å². The molecule has 1 aromatic heterocycles. The lowest BCUT2D eigenvalue weighted by molar-refractivity contribution is -0.131. The van der Waals surface area contributed by atoms with Crippen LogP contribution in [0.5, 0.6) is 0 Å². The number of aryl methyl sites for hydroxylation is 2. The summed E-state index contributed by atoms with van der Waals surface area (Å²) in [6.45, 7) is 11.8. The van der Waals surface area contributed by atoms with Gasteiger partial charge in [-0.2, -0.15) is 0 Å². The molecule has 0 spiro atoms. The van der Waals surface area contributed by atoms with Gasteiger partial charge in [-0.15, -0.1) is 0 Å². The Kier molecular flexibility index (Phi) is 9.07. The van der Waals surface area contributed by atoms with E-state index in [1.54, 1.807) is 0 Å². The van der Waals surface area contributed by atoms with E-state index in [-0.39, 0.29) is 0 Å². The maximum absolute atomic E-state index is 12.7. The lowest BCUT2D eigenvalue weighted by Gasteiger charge is -2.36. The summed E-state index contributed by atoms with van der Waals surface area (Å²) in [5.74, 6) is 2.15. The highest BCUT2D eigenvalue weighted by molar-refractivity contribution is 5.76. The van der Waals surface area contributed by atoms with Crippen molar-refractivity contribution in [3.8, 4) is 11.4 Å². The van der Waals surface area contributed by atoms with E-state index < -0.39 is 0 Å². The number of aromatic nitrogens is 2. The van der Waals surface area contributed by atoms with E-state index in [1.165, 1.54) is 43.2 Å². The Hall–Kier alpha value is -2.43. The fraction of sp³-hybridized carbons (Fsp3) is 0.593. The monoisotopic (exact) mass is 436 g/mol. The summed E-state index contributed by atoms with van der Waals surface area (Å²) >= 11 is 0. The van der Waals surface area contributed by atoms with E-state index in [9.17, 15) is 4.79 Å². The lowest BCUT2D eigenvalue weighted by atomic mass is 10.1. The van der Waals surface area contributed by atoms with Gasteiger partial charge >= 0.3 is 0 Å². The van der Waals surface area contributed by atoms with Gasteiger partial charge in [-0.25, -0.2) is 9.97 Å². The van der Waals surface area contributed by atoms with Gasteiger partial charge in [0.05, 0.1) is 0 Å². The van der Waals surface area contributed by atoms with Crippen molar-refractivity contribution < 1.29 is 4.79 Å². The first kappa shape index (κ1) is 24.2. The van der Waals surface area contributed by atoms with Crippen LogP contribution in [0.2, 0.25) is 0 Å². The molecule has 1 amide bonds. The van der Waals surface area contributed by atoms with Gasteiger partial charge in [-0.05, 0) is 32.8 Å². The van der Waals surface area contributed by atoms with E-state index in [2.05, 4.69) is 56.9 Å². The number of amides is 1. The zero-order valence-corrected chi connectivity index (χ0v) is 20.5. The van der Waals surface area contributed by atoms with Crippen molar-refractivity contribution >= 4 is 11.7 Å². The maximum Gasteiger partial charge on any atom is 0.222 e. The summed E-state index contributed by atoms with van der Waals surface area (Å²) in [6, 6.07) is 8.38. The molecule has 1 saturated heterocycles. The number of hydrogen-bond donors (Lipinski definition) is 0.